The van der Waals surface area contributed by atoms with Crippen LogP contribution < -0.4 is 5.43 Å². The van der Waals surface area contributed by atoms with E-state index in [1.54, 1.807) is 11.1 Å². The number of fused-ring (bicyclic) bond motifs is 1. The molecule has 0 radical (unpaired) electrons. The summed E-state index contributed by atoms with van der Waals surface area (Å²) in [5, 5.41) is 0.190. The van der Waals surface area contributed by atoms with Crippen LogP contribution in [-0.4, -0.2) is 38.4 Å². The molecule has 1 fully saturated rings. The maximum absolute atomic E-state index is 13.9. The van der Waals surface area contributed by atoms with Crippen LogP contribution in [-0.2, 0) is 0 Å². The Morgan fingerprint density at radius 1 is 1.36 bits per heavy atom. The fraction of sp³-hybridized carbons (Fsp3) is 0.381. The number of rotatable bonds is 3. The number of nitrogens with zero attached hydrogens (tertiary/aromatic N) is 3. The van der Waals surface area contributed by atoms with Crippen LogP contribution in [0.25, 0.3) is 10.9 Å². The van der Waals surface area contributed by atoms with Crippen LogP contribution in [0.2, 0.25) is 0 Å². The van der Waals surface area contributed by atoms with Crippen molar-refractivity contribution in [1.82, 2.24) is 19.4 Å². The molecule has 1 saturated heterocycles. The summed E-state index contributed by atoms with van der Waals surface area (Å²) in [6.45, 7) is 5.32. The van der Waals surface area contributed by atoms with Gasteiger partial charge in [0.2, 0.25) is 5.43 Å². The molecule has 3 heterocycles. The van der Waals surface area contributed by atoms with Gasteiger partial charge in [-0.1, -0.05) is 6.07 Å². The molecule has 7 heteroatoms. The summed E-state index contributed by atoms with van der Waals surface area (Å²) >= 11 is 0. The molecule has 4 rings (SSSR count). The molecule has 146 valence electrons. The monoisotopic (exact) mass is 382 g/mol. The molecule has 6 nitrogen and oxygen atoms in total. The number of piperidine rings is 1. The van der Waals surface area contributed by atoms with Crippen molar-refractivity contribution in [3.05, 3.63) is 64.2 Å². The predicted molar refractivity (Wildman–Crippen MR) is 105 cm³/mol. The zero-order valence-electron chi connectivity index (χ0n) is 16.0. The highest BCUT2D eigenvalue weighted by Gasteiger charge is 2.29. The highest BCUT2D eigenvalue weighted by Crippen LogP contribution is 2.28. The minimum atomic E-state index is -0.507. The normalized spacial score (nSPS) is 17.4. The molecule has 0 bridgehead atoms. The molecule has 1 aliphatic rings. The number of hydrogen-bond acceptors (Lipinski definition) is 3. The Labute approximate surface area is 162 Å². The van der Waals surface area contributed by atoms with E-state index in [4.69, 9.17) is 0 Å². The Bertz CT molecular complexity index is 1090. The fourth-order valence-corrected chi connectivity index (χ4v) is 3.99. The number of H-pyrrole nitrogens is 1. The summed E-state index contributed by atoms with van der Waals surface area (Å²) in [6.07, 6.45) is 6.88. The fourth-order valence-electron chi connectivity index (χ4n) is 3.99. The summed E-state index contributed by atoms with van der Waals surface area (Å²) in [7, 11) is 0. The lowest BCUT2D eigenvalue weighted by atomic mass is 9.96. The number of imidazole rings is 1. The highest BCUT2D eigenvalue weighted by atomic mass is 19.1. The van der Waals surface area contributed by atoms with Crippen molar-refractivity contribution >= 4 is 16.8 Å². The Morgan fingerprint density at radius 3 is 2.96 bits per heavy atom. The quantitative estimate of drug-likeness (QED) is 0.754. The summed E-state index contributed by atoms with van der Waals surface area (Å²) < 4.78 is 16.0. The van der Waals surface area contributed by atoms with Crippen LogP contribution in [0.15, 0.2) is 41.6 Å². The molecule has 3 aromatic rings. The van der Waals surface area contributed by atoms with E-state index in [1.165, 1.54) is 24.4 Å². The van der Waals surface area contributed by atoms with Gasteiger partial charge in [0, 0.05) is 49.0 Å². The molecule has 1 amide bonds. The minimum Gasteiger partial charge on any atom is -0.358 e. The van der Waals surface area contributed by atoms with Gasteiger partial charge < -0.3 is 14.5 Å². The number of halogens is 1. The van der Waals surface area contributed by atoms with Crippen LogP contribution in [0.3, 0.4) is 0 Å². The lowest BCUT2D eigenvalue weighted by molar-refractivity contribution is 0.0701. The second kappa shape index (κ2) is 7.22. The van der Waals surface area contributed by atoms with Gasteiger partial charge in [-0.25, -0.2) is 9.37 Å². The van der Waals surface area contributed by atoms with E-state index in [-0.39, 0.29) is 28.3 Å². The molecule has 1 unspecified atom stereocenters. The van der Waals surface area contributed by atoms with Gasteiger partial charge >= 0.3 is 0 Å². The number of aromatic nitrogens is 3. The van der Waals surface area contributed by atoms with Crippen molar-refractivity contribution in [1.29, 1.82) is 0 Å². The number of benzene rings is 1. The molecule has 1 aliphatic heterocycles. The second-order valence-electron chi connectivity index (χ2n) is 7.57. The van der Waals surface area contributed by atoms with Crippen molar-refractivity contribution in [2.45, 2.75) is 38.6 Å². The summed E-state index contributed by atoms with van der Waals surface area (Å²) in [6, 6.07) is 4.59. The molecule has 0 saturated carbocycles. The van der Waals surface area contributed by atoms with E-state index in [1.807, 2.05) is 6.20 Å². The zero-order valence-corrected chi connectivity index (χ0v) is 16.0. The van der Waals surface area contributed by atoms with E-state index in [0.29, 0.717) is 19.1 Å². The third-order valence-corrected chi connectivity index (χ3v) is 5.42. The molecule has 0 aliphatic carbocycles. The standard InChI is InChI=1S/C21H23FN4O2/c1-13(2)26-10-8-23-20(26)14-5-4-9-25(12-14)21(28)16-11-24-18-15(19(16)27)6-3-7-17(18)22/h3,6-8,10-11,13-14H,4-5,9,12H2,1-2H3,(H,24,27). The minimum absolute atomic E-state index is 0.0472. The average molecular weight is 382 g/mol. The van der Waals surface area contributed by atoms with Gasteiger partial charge in [0.25, 0.3) is 5.91 Å². The first-order valence-corrected chi connectivity index (χ1v) is 9.59. The van der Waals surface area contributed by atoms with Crippen molar-refractivity contribution in [2.24, 2.45) is 0 Å². The maximum Gasteiger partial charge on any atom is 0.259 e. The molecular weight excluding hydrogens is 359 g/mol. The Hall–Kier alpha value is -2.96. The maximum atomic E-state index is 13.9. The summed E-state index contributed by atoms with van der Waals surface area (Å²) in [5.41, 5.74) is -0.269. The van der Waals surface area contributed by atoms with Gasteiger partial charge in [0.05, 0.1) is 5.52 Å². The smallest absolute Gasteiger partial charge is 0.259 e. The highest BCUT2D eigenvalue weighted by molar-refractivity contribution is 5.97. The topological polar surface area (TPSA) is 71.0 Å². The van der Waals surface area contributed by atoms with Gasteiger partial charge in [-0.15, -0.1) is 0 Å². The van der Waals surface area contributed by atoms with Gasteiger partial charge in [-0.2, -0.15) is 0 Å². The van der Waals surface area contributed by atoms with Crippen molar-refractivity contribution in [3.8, 4) is 0 Å². The van der Waals surface area contributed by atoms with E-state index in [2.05, 4.69) is 28.4 Å². The van der Waals surface area contributed by atoms with E-state index >= 15 is 0 Å². The molecule has 2 aromatic heterocycles. The first-order chi connectivity index (χ1) is 13.5. The van der Waals surface area contributed by atoms with E-state index in [9.17, 15) is 14.0 Å². The van der Waals surface area contributed by atoms with Crippen LogP contribution in [0.5, 0.6) is 0 Å². The average Bonchev–Trinajstić information content (AvgIpc) is 3.19. The molecule has 28 heavy (non-hydrogen) atoms. The van der Waals surface area contributed by atoms with Crippen LogP contribution >= 0.6 is 0 Å². The first kappa shape index (κ1) is 18.4. The predicted octanol–water partition coefficient (Wildman–Crippen LogP) is 3.46. The number of nitrogens with one attached hydrogen (secondary N) is 1. The van der Waals surface area contributed by atoms with Crippen LogP contribution in [0, 0.1) is 5.82 Å². The number of aromatic amines is 1. The Balaban J connectivity index is 1.63. The number of hydrogen-bond donors (Lipinski definition) is 1. The van der Waals surface area contributed by atoms with Crippen molar-refractivity contribution in [3.63, 3.8) is 0 Å². The van der Waals surface area contributed by atoms with Gasteiger partial charge in [0.1, 0.15) is 17.2 Å². The number of pyridine rings is 1. The molecule has 1 aromatic carbocycles. The summed E-state index contributed by atoms with van der Waals surface area (Å²) in [5.74, 6) is 0.279. The molecule has 1 N–H and O–H groups in total. The van der Waals surface area contributed by atoms with Crippen LogP contribution in [0.4, 0.5) is 4.39 Å². The third-order valence-electron chi connectivity index (χ3n) is 5.42. The summed E-state index contributed by atoms with van der Waals surface area (Å²) in [4.78, 5) is 34.8. The number of carbonyl (C=O) groups excluding carboxylic acids is 1. The number of likely N-dealkylation sites (tertiary alicyclic amines) is 1. The van der Waals surface area contributed by atoms with Crippen LogP contribution in [0.1, 0.15) is 54.8 Å². The molecule has 0 spiro atoms. The Kier molecular flexibility index (Phi) is 4.75. The Morgan fingerprint density at radius 2 is 2.18 bits per heavy atom. The van der Waals surface area contributed by atoms with Gasteiger partial charge in [0.15, 0.2) is 0 Å². The molecule has 1 atom stereocenters. The molecular formula is C21H23FN4O2. The lowest BCUT2D eigenvalue weighted by Gasteiger charge is -2.33. The number of para-hydroxylation sites is 1. The largest absolute Gasteiger partial charge is 0.358 e. The zero-order chi connectivity index (χ0) is 19.8. The third kappa shape index (κ3) is 3.10. The first-order valence-electron chi connectivity index (χ1n) is 9.59. The van der Waals surface area contributed by atoms with Crippen molar-refractivity contribution < 1.29 is 9.18 Å². The van der Waals surface area contributed by atoms with Gasteiger partial charge in [-0.3, -0.25) is 9.59 Å². The van der Waals surface area contributed by atoms with E-state index < -0.39 is 11.2 Å². The van der Waals surface area contributed by atoms with Crippen molar-refractivity contribution in [2.75, 3.05) is 13.1 Å². The lowest BCUT2D eigenvalue weighted by Crippen LogP contribution is -2.41. The van der Waals surface area contributed by atoms with E-state index in [0.717, 1.165) is 18.7 Å². The second-order valence-corrected chi connectivity index (χ2v) is 7.57. The number of amides is 1. The number of carbonyl (C=O) groups is 1. The van der Waals surface area contributed by atoms with Gasteiger partial charge in [-0.05, 0) is 38.8 Å². The SMILES string of the molecule is CC(C)n1ccnc1C1CCCN(C(=O)c2c[nH]c3c(F)cccc3c2=O)C1.